The molecule has 0 saturated carbocycles. The molecule has 80 valence electrons. The van der Waals surface area contributed by atoms with Crippen molar-refractivity contribution in [3.8, 4) is 0 Å². The van der Waals surface area contributed by atoms with E-state index in [0.29, 0.717) is 5.95 Å². The zero-order valence-corrected chi connectivity index (χ0v) is 9.70. The molecule has 0 saturated heterocycles. The summed E-state index contributed by atoms with van der Waals surface area (Å²) in [5, 5.41) is 3.16. The first kappa shape index (κ1) is 11.4. The van der Waals surface area contributed by atoms with Gasteiger partial charge in [-0.25, -0.2) is 9.97 Å². The molecule has 0 amide bonds. The van der Waals surface area contributed by atoms with Crippen LogP contribution in [0.1, 0.15) is 25.2 Å². The Labute approximate surface area is 91.0 Å². The van der Waals surface area contributed by atoms with Gasteiger partial charge in [0.15, 0.2) is 0 Å². The summed E-state index contributed by atoms with van der Waals surface area (Å²) in [5.74, 6) is 0.652. The molecule has 0 radical (unpaired) electrons. The van der Waals surface area contributed by atoms with Gasteiger partial charge in [0.1, 0.15) is 0 Å². The van der Waals surface area contributed by atoms with Crippen LogP contribution in [0, 0.1) is 13.8 Å². The Bertz CT molecular complexity index is 372. The van der Waals surface area contributed by atoms with Crippen LogP contribution in [-0.2, 0) is 0 Å². The van der Waals surface area contributed by atoms with Crippen LogP contribution in [0.25, 0.3) is 0 Å². The standard InChI is InChI=1S/C12H17N3/c1-5-7-11(6-2)15-12-13-9(3)8-10(4)14-12/h5-8H,1-4H3,(H,13,14,15)/b7-5-,11-6+. The van der Waals surface area contributed by atoms with Crippen molar-refractivity contribution < 1.29 is 0 Å². The maximum atomic E-state index is 4.31. The lowest BCUT2D eigenvalue weighted by Crippen LogP contribution is -2.03. The molecule has 0 aliphatic rings. The van der Waals surface area contributed by atoms with Gasteiger partial charge in [0.2, 0.25) is 5.95 Å². The Morgan fingerprint density at radius 3 is 2.27 bits per heavy atom. The van der Waals surface area contributed by atoms with Crippen LogP contribution >= 0.6 is 0 Å². The lowest BCUT2D eigenvalue weighted by molar-refractivity contribution is 1.05. The molecule has 0 bridgehead atoms. The number of anilines is 1. The molecule has 0 fully saturated rings. The second kappa shape index (κ2) is 5.29. The number of nitrogens with zero attached hydrogens (tertiary/aromatic N) is 2. The Morgan fingerprint density at radius 1 is 1.20 bits per heavy atom. The first-order chi connectivity index (χ1) is 7.15. The van der Waals surface area contributed by atoms with Crippen LogP contribution in [0.4, 0.5) is 5.95 Å². The molecular weight excluding hydrogens is 186 g/mol. The monoisotopic (exact) mass is 203 g/mol. The zero-order valence-electron chi connectivity index (χ0n) is 9.70. The minimum Gasteiger partial charge on any atom is -0.324 e. The fourth-order valence-electron chi connectivity index (χ4n) is 1.30. The quantitative estimate of drug-likeness (QED) is 0.767. The molecule has 0 aliphatic heterocycles. The van der Waals surface area contributed by atoms with Gasteiger partial charge < -0.3 is 5.32 Å². The number of aromatic nitrogens is 2. The molecule has 3 heteroatoms. The first-order valence-electron chi connectivity index (χ1n) is 5.04. The van der Waals surface area contributed by atoms with Gasteiger partial charge in [-0.05, 0) is 39.8 Å². The van der Waals surface area contributed by atoms with Crippen molar-refractivity contribution in [3.05, 3.63) is 41.4 Å². The van der Waals surface area contributed by atoms with E-state index in [-0.39, 0.29) is 0 Å². The van der Waals surface area contributed by atoms with E-state index in [1.807, 2.05) is 52.0 Å². The van der Waals surface area contributed by atoms with E-state index in [4.69, 9.17) is 0 Å². The number of hydrogen-bond donors (Lipinski definition) is 1. The summed E-state index contributed by atoms with van der Waals surface area (Å²) in [6.07, 6.45) is 5.95. The van der Waals surface area contributed by atoms with E-state index >= 15 is 0 Å². The lowest BCUT2D eigenvalue weighted by Gasteiger charge is -2.06. The minimum atomic E-state index is 0.652. The summed E-state index contributed by atoms with van der Waals surface area (Å²) in [4.78, 5) is 8.61. The third-order valence-corrected chi connectivity index (χ3v) is 1.90. The predicted molar refractivity (Wildman–Crippen MR) is 63.7 cm³/mol. The summed E-state index contributed by atoms with van der Waals surface area (Å²) < 4.78 is 0. The highest BCUT2D eigenvalue weighted by molar-refractivity contribution is 5.40. The Kier molecular flexibility index (Phi) is 4.03. The summed E-state index contributed by atoms with van der Waals surface area (Å²) in [6, 6.07) is 1.95. The largest absolute Gasteiger partial charge is 0.324 e. The molecule has 0 unspecified atom stereocenters. The van der Waals surface area contributed by atoms with Gasteiger partial charge in [-0.3, -0.25) is 0 Å². The third-order valence-electron chi connectivity index (χ3n) is 1.90. The highest BCUT2D eigenvalue weighted by atomic mass is 15.1. The van der Waals surface area contributed by atoms with E-state index in [2.05, 4.69) is 15.3 Å². The lowest BCUT2D eigenvalue weighted by atomic mass is 10.3. The summed E-state index contributed by atoms with van der Waals surface area (Å²) in [7, 11) is 0. The molecule has 0 atom stereocenters. The number of nitrogens with one attached hydrogen (secondary N) is 1. The molecule has 1 aromatic rings. The first-order valence-corrected chi connectivity index (χ1v) is 5.04. The molecule has 15 heavy (non-hydrogen) atoms. The number of rotatable bonds is 3. The van der Waals surface area contributed by atoms with E-state index in [9.17, 15) is 0 Å². The third kappa shape index (κ3) is 3.54. The SMILES string of the molecule is C/C=C\C(=C/C)Nc1nc(C)cc(C)n1. The molecule has 0 aliphatic carbocycles. The normalized spacial score (nSPS) is 12.1. The molecule has 1 aromatic heterocycles. The maximum Gasteiger partial charge on any atom is 0.227 e. The molecule has 1 heterocycles. The topological polar surface area (TPSA) is 37.8 Å². The molecule has 1 rings (SSSR count). The van der Waals surface area contributed by atoms with E-state index in [0.717, 1.165) is 17.1 Å². The number of hydrogen-bond acceptors (Lipinski definition) is 3. The van der Waals surface area contributed by atoms with E-state index in [1.165, 1.54) is 0 Å². The van der Waals surface area contributed by atoms with Crippen molar-refractivity contribution in [1.29, 1.82) is 0 Å². The highest BCUT2D eigenvalue weighted by Gasteiger charge is 1.99. The maximum absolute atomic E-state index is 4.31. The number of aryl methyl sites for hydroxylation is 2. The van der Waals surface area contributed by atoms with Crippen LogP contribution in [0.3, 0.4) is 0 Å². The molecule has 0 spiro atoms. The summed E-state index contributed by atoms with van der Waals surface area (Å²) >= 11 is 0. The van der Waals surface area contributed by atoms with Crippen LogP contribution in [0.5, 0.6) is 0 Å². The van der Waals surface area contributed by atoms with Crippen LogP contribution < -0.4 is 5.32 Å². The van der Waals surface area contributed by atoms with Crippen molar-refractivity contribution in [1.82, 2.24) is 9.97 Å². The Hall–Kier alpha value is -1.64. The van der Waals surface area contributed by atoms with Crippen LogP contribution in [-0.4, -0.2) is 9.97 Å². The summed E-state index contributed by atoms with van der Waals surface area (Å²) in [6.45, 7) is 7.88. The average Bonchev–Trinajstić information content (AvgIpc) is 2.15. The van der Waals surface area contributed by atoms with Crippen molar-refractivity contribution in [2.45, 2.75) is 27.7 Å². The molecule has 0 aromatic carbocycles. The van der Waals surface area contributed by atoms with Gasteiger partial charge in [0, 0.05) is 17.1 Å². The molecule has 3 nitrogen and oxygen atoms in total. The second-order valence-corrected chi connectivity index (χ2v) is 3.34. The van der Waals surface area contributed by atoms with Gasteiger partial charge in [-0.15, -0.1) is 0 Å². The minimum absolute atomic E-state index is 0.652. The van der Waals surface area contributed by atoms with E-state index in [1.54, 1.807) is 0 Å². The van der Waals surface area contributed by atoms with Crippen LogP contribution in [0.15, 0.2) is 30.0 Å². The predicted octanol–water partition coefficient (Wildman–Crippen LogP) is 2.99. The second-order valence-electron chi connectivity index (χ2n) is 3.34. The fourth-order valence-corrected chi connectivity index (χ4v) is 1.30. The van der Waals surface area contributed by atoms with Crippen molar-refractivity contribution in [3.63, 3.8) is 0 Å². The van der Waals surface area contributed by atoms with Crippen molar-refractivity contribution >= 4 is 5.95 Å². The van der Waals surface area contributed by atoms with Gasteiger partial charge >= 0.3 is 0 Å². The molecule has 1 N–H and O–H groups in total. The van der Waals surface area contributed by atoms with Crippen LogP contribution in [0.2, 0.25) is 0 Å². The molecular formula is C12H17N3. The van der Waals surface area contributed by atoms with Crippen molar-refractivity contribution in [2.24, 2.45) is 0 Å². The summed E-state index contributed by atoms with van der Waals surface area (Å²) in [5.41, 5.74) is 2.95. The van der Waals surface area contributed by atoms with E-state index < -0.39 is 0 Å². The smallest absolute Gasteiger partial charge is 0.227 e. The Balaban J connectivity index is 2.88. The van der Waals surface area contributed by atoms with Crippen molar-refractivity contribution in [2.75, 3.05) is 5.32 Å². The van der Waals surface area contributed by atoms with Gasteiger partial charge in [0.05, 0.1) is 0 Å². The highest BCUT2D eigenvalue weighted by Crippen LogP contribution is 2.07. The van der Waals surface area contributed by atoms with Gasteiger partial charge in [-0.2, -0.15) is 0 Å². The van der Waals surface area contributed by atoms with Gasteiger partial charge in [-0.1, -0.05) is 12.2 Å². The fraction of sp³-hybridized carbons (Fsp3) is 0.333. The zero-order chi connectivity index (χ0) is 11.3. The number of allylic oxidation sites excluding steroid dienone is 3. The average molecular weight is 203 g/mol. The van der Waals surface area contributed by atoms with Gasteiger partial charge in [0.25, 0.3) is 0 Å². The Morgan fingerprint density at radius 2 is 1.80 bits per heavy atom.